The van der Waals surface area contributed by atoms with E-state index in [-0.39, 0.29) is 0 Å². The Hall–Kier alpha value is -1.60. The molecular formula is C17H21N. The van der Waals surface area contributed by atoms with Crippen molar-refractivity contribution in [2.24, 2.45) is 0 Å². The molecule has 0 saturated heterocycles. The van der Waals surface area contributed by atoms with Gasteiger partial charge in [0.2, 0.25) is 0 Å². The van der Waals surface area contributed by atoms with Crippen LogP contribution < -0.4 is 0 Å². The van der Waals surface area contributed by atoms with E-state index in [0.29, 0.717) is 0 Å². The highest BCUT2D eigenvalue weighted by Gasteiger charge is 2.01. The Kier molecular flexibility index (Phi) is 4.54. The third-order valence-electron chi connectivity index (χ3n) is 3.16. The monoisotopic (exact) mass is 239 g/mol. The smallest absolute Gasteiger partial charge is 0.0230 e. The van der Waals surface area contributed by atoms with Crippen LogP contribution in [-0.2, 0) is 13.0 Å². The molecule has 0 amide bonds. The summed E-state index contributed by atoms with van der Waals surface area (Å²) in [5.74, 6) is 0. The average Bonchev–Trinajstić information content (AvgIpc) is 2.38. The number of aryl methyl sites for hydroxylation is 1. The molecule has 0 aliphatic rings. The summed E-state index contributed by atoms with van der Waals surface area (Å²) in [5.41, 5.74) is 4.15. The van der Waals surface area contributed by atoms with Crippen molar-refractivity contribution in [2.45, 2.75) is 19.9 Å². The van der Waals surface area contributed by atoms with Crippen LogP contribution in [-0.4, -0.2) is 18.5 Å². The van der Waals surface area contributed by atoms with E-state index in [1.54, 1.807) is 0 Å². The maximum atomic E-state index is 2.37. The van der Waals surface area contributed by atoms with E-state index < -0.39 is 0 Å². The molecular weight excluding hydrogens is 218 g/mol. The van der Waals surface area contributed by atoms with E-state index in [1.807, 2.05) is 0 Å². The van der Waals surface area contributed by atoms with Crippen LogP contribution in [0.5, 0.6) is 0 Å². The van der Waals surface area contributed by atoms with Gasteiger partial charge < -0.3 is 4.90 Å². The van der Waals surface area contributed by atoms with Crippen LogP contribution in [0.25, 0.3) is 0 Å². The molecule has 0 aromatic heterocycles. The van der Waals surface area contributed by atoms with Gasteiger partial charge in [-0.25, -0.2) is 0 Å². The highest BCUT2D eigenvalue weighted by atomic mass is 15.1. The van der Waals surface area contributed by atoms with Crippen molar-refractivity contribution in [1.29, 1.82) is 0 Å². The van der Waals surface area contributed by atoms with Gasteiger partial charge in [-0.05, 0) is 31.5 Å². The molecule has 0 fully saturated rings. The fourth-order valence-corrected chi connectivity index (χ4v) is 2.16. The minimum atomic E-state index is 1.02. The zero-order valence-corrected chi connectivity index (χ0v) is 11.3. The minimum Gasteiger partial charge on any atom is -0.302 e. The molecule has 0 N–H and O–H groups in total. The lowest BCUT2D eigenvalue weighted by molar-refractivity contribution is 0.331. The first-order chi connectivity index (χ1) is 8.74. The van der Waals surface area contributed by atoms with Crippen LogP contribution in [0.4, 0.5) is 0 Å². The molecule has 18 heavy (non-hydrogen) atoms. The maximum absolute atomic E-state index is 2.37. The number of benzene rings is 2. The number of likely N-dealkylation sites (N-methyl/N-ethyl adjacent to an activating group) is 1. The summed E-state index contributed by atoms with van der Waals surface area (Å²) in [6, 6.07) is 19.4. The average molecular weight is 239 g/mol. The van der Waals surface area contributed by atoms with Crippen molar-refractivity contribution in [2.75, 3.05) is 13.6 Å². The molecule has 0 saturated carbocycles. The van der Waals surface area contributed by atoms with E-state index in [2.05, 4.69) is 73.5 Å². The van der Waals surface area contributed by atoms with Gasteiger partial charge >= 0.3 is 0 Å². The molecule has 0 heterocycles. The van der Waals surface area contributed by atoms with Crippen molar-refractivity contribution in [1.82, 2.24) is 4.90 Å². The van der Waals surface area contributed by atoms with Crippen LogP contribution >= 0.6 is 0 Å². The van der Waals surface area contributed by atoms with Gasteiger partial charge in [-0.1, -0.05) is 60.2 Å². The molecule has 2 rings (SSSR count). The number of nitrogens with zero attached hydrogens (tertiary/aromatic N) is 1. The van der Waals surface area contributed by atoms with Gasteiger partial charge in [0.15, 0.2) is 0 Å². The van der Waals surface area contributed by atoms with Crippen LogP contribution in [0.3, 0.4) is 0 Å². The Bertz CT molecular complexity index is 476. The molecule has 0 bridgehead atoms. The summed E-state index contributed by atoms with van der Waals surface area (Å²) in [6.07, 6.45) is 1.12. The highest BCUT2D eigenvalue weighted by Crippen LogP contribution is 2.07. The fraction of sp³-hybridized carbons (Fsp3) is 0.294. The van der Waals surface area contributed by atoms with Crippen LogP contribution in [0.15, 0.2) is 54.6 Å². The Morgan fingerprint density at radius 2 is 1.61 bits per heavy atom. The molecule has 0 spiro atoms. The number of hydrogen-bond acceptors (Lipinski definition) is 1. The first kappa shape index (κ1) is 12.8. The standard InChI is InChI=1S/C17H21N/c1-15-7-6-10-16(13-15)11-12-18(2)14-17-8-4-3-5-9-17/h3-10,13H,11-12,14H2,1-2H3. The van der Waals surface area contributed by atoms with Gasteiger partial charge in [0.05, 0.1) is 0 Å². The Labute approximate surface area is 110 Å². The van der Waals surface area contributed by atoms with Crippen LogP contribution in [0, 0.1) is 6.92 Å². The number of rotatable bonds is 5. The Morgan fingerprint density at radius 3 is 2.33 bits per heavy atom. The molecule has 2 aromatic rings. The maximum Gasteiger partial charge on any atom is 0.0230 e. The van der Waals surface area contributed by atoms with Crippen molar-refractivity contribution in [3.8, 4) is 0 Å². The van der Waals surface area contributed by atoms with Crippen LogP contribution in [0.2, 0.25) is 0 Å². The SMILES string of the molecule is Cc1cccc(CCN(C)Cc2ccccc2)c1. The Balaban J connectivity index is 1.83. The van der Waals surface area contributed by atoms with Gasteiger partial charge in [-0.2, -0.15) is 0 Å². The fourth-order valence-electron chi connectivity index (χ4n) is 2.16. The summed E-state index contributed by atoms with van der Waals surface area (Å²) in [5, 5.41) is 0. The van der Waals surface area contributed by atoms with E-state index >= 15 is 0 Å². The van der Waals surface area contributed by atoms with Crippen molar-refractivity contribution in [3.05, 3.63) is 71.3 Å². The summed E-state index contributed by atoms with van der Waals surface area (Å²) in [4.78, 5) is 2.37. The number of hydrogen-bond donors (Lipinski definition) is 0. The summed E-state index contributed by atoms with van der Waals surface area (Å²) >= 11 is 0. The van der Waals surface area contributed by atoms with Gasteiger partial charge in [-0.3, -0.25) is 0 Å². The van der Waals surface area contributed by atoms with Crippen LogP contribution in [0.1, 0.15) is 16.7 Å². The highest BCUT2D eigenvalue weighted by molar-refractivity contribution is 5.22. The quantitative estimate of drug-likeness (QED) is 0.769. The van der Waals surface area contributed by atoms with Gasteiger partial charge in [0, 0.05) is 13.1 Å². The molecule has 2 aromatic carbocycles. The molecule has 0 atom stereocenters. The lowest BCUT2D eigenvalue weighted by atomic mass is 10.1. The molecule has 0 aliphatic carbocycles. The second kappa shape index (κ2) is 6.36. The van der Waals surface area contributed by atoms with Gasteiger partial charge in [0.25, 0.3) is 0 Å². The molecule has 94 valence electrons. The first-order valence-corrected chi connectivity index (χ1v) is 6.52. The van der Waals surface area contributed by atoms with E-state index in [1.165, 1.54) is 16.7 Å². The first-order valence-electron chi connectivity index (χ1n) is 6.52. The topological polar surface area (TPSA) is 3.24 Å². The van der Waals surface area contributed by atoms with E-state index in [9.17, 15) is 0 Å². The Morgan fingerprint density at radius 1 is 0.889 bits per heavy atom. The largest absolute Gasteiger partial charge is 0.302 e. The molecule has 1 heteroatoms. The van der Waals surface area contributed by atoms with E-state index in [0.717, 1.165) is 19.5 Å². The predicted octanol–water partition coefficient (Wildman–Crippen LogP) is 3.67. The normalized spacial score (nSPS) is 10.8. The summed E-state index contributed by atoms with van der Waals surface area (Å²) < 4.78 is 0. The van der Waals surface area contributed by atoms with Gasteiger partial charge in [-0.15, -0.1) is 0 Å². The zero-order valence-electron chi connectivity index (χ0n) is 11.3. The summed E-state index contributed by atoms with van der Waals surface area (Å²) in [7, 11) is 2.18. The second-order valence-corrected chi connectivity index (χ2v) is 4.96. The molecule has 0 radical (unpaired) electrons. The second-order valence-electron chi connectivity index (χ2n) is 4.96. The van der Waals surface area contributed by atoms with Crippen molar-refractivity contribution in [3.63, 3.8) is 0 Å². The molecule has 0 unspecified atom stereocenters. The van der Waals surface area contributed by atoms with Crippen molar-refractivity contribution >= 4 is 0 Å². The van der Waals surface area contributed by atoms with E-state index in [4.69, 9.17) is 0 Å². The molecule has 1 nitrogen and oxygen atoms in total. The lowest BCUT2D eigenvalue weighted by Crippen LogP contribution is -2.20. The summed E-state index contributed by atoms with van der Waals surface area (Å²) in [6.45, 7) is 4.27. The van der Waals surface area contributed by atoms with Gasteiger partial charge in [0.1, 0.15) is 0 Å². The third kappa shape index (κ3) is 4.01. The lowest BCUT2D eigenvalue weighted by Gasteiger charge is -2.16. The zero-order chi connectivity index (χ0) is 12.8. The van der Waals surface area contributed by atoms with Crippen molar-refractivity contribution < 1.29 is 0 Å². The minimum absolute atomic E-state index is 1.02. The molecule has 0 aliphatic heterocycles. The third-order valence-corrected chi connectivity index (χ3v) is 3.16. The predicted molar refractivity (Wildman–Crippen MR) is 77.7 cm³/mol.